The predicted octanol–water partition coefficient (Wildman–Crippen LogP) is 2.35. The zero-order valence-electron chi connectivity index (χ0n) is 9.40. The molecule has 0 N–H and O–H groups in total. The lowest BCUT2D eigenvalue weighted by Crippen LogP contribution is -2.40. The summed E-state index contributed by atoms with van der Waals surface area (Å²) in [4.78, 5) is 11.3. The third-order valence-electron chi connectivity index (χ3n) is 2.69. The van der Waals surface area contributed by atoms with Crippen molar-refractivity contribution >= 4 is 39.0 Å². The molecule has 1 aromatic carbocycles. The number of sulfonamides is 1. The SMILES string of the molecule is O=C1CCCN(S(=O)(=O)c2cc(Cl)cc(Cl)c2)C1. The molecule has 98 valence electrons. The molecule has 0 saturated carbocycles. The van der Waals surface area contributed by atoms with Crippen LogP contribution in [0.4, 0.5) is 0 Å². The molecule has 1 aliphatic heterocycles. The Bertz CT molecular complexity index is 566. The van der Waals surface area contributed by atoms with Gasteiger partial charge in [-0.2, -0.15) is 4.31 Å². The molecule has 4 nitrogen and oxygen atoms in total. The molecule has 2 rings (SSSR count). The average Bonchev–Trinajstić information content (AvgIpc) is 2.27. The number of piperidine rings is 1. The Morgan fingerprint density at radius 2 is 1.72 bits per heavy atom. The minimum absolute atomic E-state index is 0.0229. The highest BCUT2D eigenvalue weighted by Crippen LogP contribution is 2.25. The molecular formula is C11H11Cl2NO3S. The summed E-state index contributed by atoms with van der Waals surface area (Å²) in [5.41, 5.74) is 0. The Labute approximate surface area is 116 Å². The van der Waals surface area contributed by atoms with Gasteiger partial charge in [-0.15, -0.1) is 0 Å². The van der Waals surface area contributed by atoms with Gasteiger partial charge >= 0.3 is 0 Å². The lowest BCUT2D eigenvalue weighted by molar-refractivity contribution is -0.120. The number of Topliss-reactive ketones (excluding diaryl/α,β-unsaturated/α-hetero) is 1. The van der Waals surface area contributed by atoms with E-state index in [0.717, 1.165) is 0 Å². The molecule has 0 aliphatic carbocycles. The van der Waals surface area contributed by atoms with Crippen LogP contribution in [0.2, 0.25) is 10.0 Å². The quantitative estimate of drug-likeness (QED) is 0.842. The minimum atomic E-state index is -3.70. The van der Waals surface area contributed by atoms with Crippen molar-refractivity contribution in [3.8, 4) is 0 Å². The largest absolute Gasteiger partial charge is 0.298 e. The highest BCUT2D eigenvalue weighted by atomic mass is 35.5. The molecule has 0 unspecified atom stereocenters. The minimum Gasteiger partial charge on any atom is -0.298 e. The summed E-state index contributed by atoms with van der Waals surface area (Å²) in [6, 6.07) is 4.13. The molecule has 1 heterocycles. The molecule has 1 aromatic rings. The summed E-state index contributed by atoms with van der Waals surface area (Å²) in [5.74, 6) is -0.0713. The molecule has 7 heteroatoms. The molecule has 0 amide bonds. The Morgan fingerprint density at radius 1 is 1.11 bits per heavy atom. The Balaban J connectivity index is 2.38. The molecule has 0 radical (unpaired) electrons. The summed E-state index contributed by atoms with van der Waals surface area (Å²) in [6.45, 7) is 0.269. The number of ketones is 1. The molecule has 0 aromatic heterocycles. The van der Waals surface area contributed by atoms with Crippen LogP contribution in [-0.4, -0.2) is 31.6 Å². The van der Waals surface area contributed by atoms with Gasteiger partial charge in [-0.3, -0.25) is 4.79 Å². The van der Waals surface area contributed by atoms with Gasteiger partial charge in [0.05, 0.1) is 11.4 Å². The van der Waals surface area contributed by atoms with Gasteiger partial charge in [0.1, 0.15) is 5.78 Å². The molecule has 18 heavy (non-hydrogen) atoms. The molecule has 0 spiro atoms. The number of hydrogen-bond donors (Lipinski definition) is 0. The maximum Gasteiger partial charge on any atom is 0.243 e. The van der Waals surface area contributed by atoms with Crippen molar-refractivity contribution in [2.45, 2.75) is 17.7 Å². The van der Waals surface area contributed by atoms with Crippen LogP contribution < -0.4 is 0 Å². The second kappa shape index (κ2) is 5.17. The zero-order chi connectivity index (χ0) is 13.3. The van der Waals surface area contributed by atoms with Gasteiger partial charge < -0.3 is 0 Å². The van der Waals surface area contributed by atoms with Crippen LogP contribution in [0.5, 0.6) is 0 Å². The summed E-state index contributed by atoms with van der Waals surface area (Å²) in [5, 5.41) is 0.508. The second-order valence-corrected chi connectivity index (χ2v) is 6.90. The van der Waals surface area contributed by atoms with Crippen molar-refractivity contribution in [2.24, 2.45) is 0 Å². The highest BCUT2D eigenvalue weighted by molar-refractivity contribution is 7.89. The predicted molar refractivity (Wildman–Crippen MR) is 69.5 cm³/mol. The Hall–Kier alpha value is -0.620. The van der Waals surface area contributed by atoms with E-state index in [1.807, 2.05) is 0 Å². The fraction of sp³-hybridized carbons (Fsp3) is 0.364. The van der Waals surface area contributed by atoms with E-state index in [1.54, 1.807) is 0 Å². The van der Waals surface area contributed by atoms with Gasteiger partial charge in [0.15, 0.2) is 0 Å². The Morgan fingerprint density at radius 3 is 2.28 bits per heavy atom. The van der Waals surface area contributed by atoms with E-state index in [1.165, 1.54) is 22.5 Å². The third-order valence-corrected chi connectivity index (χ3v) is 4.95. The fourth-order valence-corrected chi connectivity index (χ4v) is 4.03. The fourth-order valence-electron chi connectivity index (χ4n) is 1.84. The average molecular weight is 308 g/mol. The first kappa shape index (κ1) is 13.8. The van der Waals surface area contributed by atoms with E-state index in [2.05, 4.69) is 0 Å². The number of halogens is 2. The van der Waals surface area contributed by atoms with Gasteiger partial charge in [-0.05, 0) is 24.6 Å². The summed E-state index contributed by atoms with van der Waals surface area (Å²) in [6.07, 6.45) is 0.981. The molecule has 0 atom stereocenters. The number of benzene rings is 1. The maximum absolute atomic E-state index is 12.3. The molecule has 1 aliphatic rings. The Kier molecular flexibility index (Phi) is 3.96. The highest BCUT2D eigenvalue weighted by Gasteiger charge is 2.29. The monoisotopic (exact) mass is 307 g/mol. The first-order chi connectivity index (χ1) is 8.39. The van der Waals surface area contributed by atoms with Crippen molar-refractivity contribution in [1.82, 2.24) is 4.31 Å². The van der Waals surface area contributed by atoms with Crippen LogP contribution in [0.3, 0.4) is 0 Å². The van der Waals surface area contributed by atoms with Crippen LogP contribution in [-0.2, 0) is 14.8 Å². The summed E-state index contributed by atoms with van der Waals surface area (Å²) in [7, 11) is -3.70. The summed E-state index contributed by atoms with van der Waals surface area (Å²) < 4.78 is 25.8. The third kappa shape index (κ3) is 2.85. The van der Waals surface area contributed by atoms with Crippen LogP contribution in [0.1, 0.15) is 12.8 Å². The molecular weight excluding hydrogens is 297 g/mol. The van der Waals surface area contributed by atoms with Gasteiger partial charge in [-0.1, -0.05) is 23.2 Å². The van der Waals surface area contributed by atoms with Gasteiger partial charge in [-0.25, -0.2) is 8.42 Å². The molecule has 1 saturated heterocycles. The van der Waals surface area contributed by atoms with Crippen molar-refractivity contribution in [3.05, 3.63) is 28.2 Å². The van der Waals surface area contributed by atoms with E-state index in [4.69, 9.17) is 23.2 Å². The van der Waals surface area contributed by atoms with Crippen molar-refractivity contribution in [1.29, 1.82) is 0 Å². The van der Waals surface area contributed by atoms with Gasteiger partial charge in [0.25, 0.3) is 0 Å². The lowest BCUT2D eigenvalue weighted by Gasteiger charge is -2.25. The van der Waals surface area contributed by atoms with Crippen LogP contribution in [0.25, 0.3) is 0 Å². The van der Waals surface area contributed by atoms with Crippen molar-refractivity contribution in [3.63, 3.8) is 0 Å². The maximum atomic E-state index is 12.3. The standard InChI is InChI=1S/C11H11Cl2NO3S/c12-8-4-9(13)6-11(5-8)18(16,17)14-3-1-2-10(15)7-14/h4-6H,1-3,7H2. The normalized spacial score (nSPS) is 18.0. The number of carbonyl (C=O) groups excluding carboxylic acids is 1. The topological polar surface area (TPSA) is 54.5 Å². The van der Waals surface area contributed by atoms with Crippen LogP contribution in [0, 0.1) is 0 Å². The van der Waals surface area contributed by atoms with Crippen LogP contribution in [0.15, 0.2) is 23.1 Å². The first-order valence-corrected chi connectivity index (χ1v) is 7.57. The number of carbonyl (C=O) groups is 1. The number of nitrogens with zero attached hydrogens (tertiary/aromatic N) is 1. The van der Waals surface area contributed by atoms with Crippen LogP contribution >= 0.6 is 23.2 Å². The van der Waals surface area contributed by atoms with E-state index in [0.29, 0.717) is 19.4 Å². The first-order valence-electron chi connectivity index (χ1n) is 5.37. The van der Waals surface area contributed by atoms with E-state index in [-0.39, 0.29) is 27.3 Å². The smallest absolute Gasteiger partial charge is 0.243 e. The van der Waals surface area contributed by atoms with E-state index >= 15 is 0 Å². The molecule has 0 bridgehead atoms. The number of rotatable bonds is 2. The van der Waals surface area contributed by atoms with Gasteiger partial charge in [0, 0.05) is 23.0 Å². The van der Waals surface area contributed by atoms with Gasteiger partial charge in [0.2, 0.25) is 10.0 Å². The molecule has 1 fully saturated rings. The zero-order valence-corrected chi connectivity index (χ0v) is 11.7. The van der Waals surface area contributed by atoms with Crippen molar-refractivity contribution < 1.29 is 13.2 Å². The summed E-state index contributed by atoms with van der Waals surface area (Å²) >= 11 is 11.6. The number of hydrogen-bond acceptors (Lipinski definition) is 3. The van der Waals surface area contributed by atoms with E-state index in [9.17, 15) is 13.2 Å². The van der Waals surface area contributed by atoms with Crippen molar-refractivity contribution in [2.75, 3.05) is 13.1 Å². The second-order valence-electron chi connectivity index (χ2n) is 4.09. The lowest BCUT2D eigenvalue weighted by atomic mass is 10.1. The van der Waals surface area contributed by atoms with E-state index < -0.39 is 10.0 Å².